The van der Waals surface area contributed by atoms with Gasteiger partial charge < -0.3 is 5.11 Å². The molecule has 3 nitrogen and oxygen atoms in total. The molecule has 0 aliphatic carbocycles. The fourth-order valence-corrected chi connectivity index (χ4v) is 2.00. The third-order valence-corrected chi connectivity index (χ3v) is 3.87. The molecule has 0 aliphatic heterocycles. The number of aryl methyl sites for hydroxylation is 2. The smallest absolute Gasteiger partial charge is 0.0738 e. The standard InChI is InChI=1S/C12H21BrN2O/c1-6-15-9(11(13)8(2)14-15)7-10(16)12(3,4)5/h10,16H,6-7H2,1-5H3. The van der Waals surface area contributed by atoms with Gasteiger partial charge in [0, 0.05) is 13.0 Å². The highest BCUT2D eigenvalue weighted by Gasteiger charge is 2.25. The first-order valence-electron chi connectivity index (χ1n) is 5.67. The molecule has 0 aliphatic rings. The first-order valence-corrected chi connectivity index (χ1v) is 6.46. The summed E-state index contributed by atoms with van der Waals surface area (Å²) >= 11 is 3.54. The maximum atomic E-state index is 10.1. The van der Waals surface area contributed by atoms with Crippen molar-refractivity contribution in [3.8, 4) is 0 Å². The maximum absolute atomic E-state index is 10.1. The quantitative estimate of drug-likeness (QED) is 0.929. The Balaban J connectivity index is 2.96. The highest BCUT2D eigenvalue weighted by atomic mass is 79.9. The second-order valence-corrected chi connectivity index (χ2v) is 6.04. The van der Waals surface area contributed by atoms with Gasteiger partial charge in [-0.05, 0) is 35.2 Å². The third-order valence-electron chi connectivity index (χ3n) is 2.84. The number of hydrogen-bond donors (Lipinski definition) is 1. The molecule has 1 atom stereocenters. The third kappa shape index (κ3) is 2.86. The summed E-state index contributed by atoms with van der Waals surface area (Å²) in [4.78, 5) is 0. The van der Waals surface area contributed by atoms with Crippen LogP contribution in [0.3, 0.4) is 0 Å². The van der Waals surface area contributed by atoms with Crippen molar-refractivity contribution in [2.45, 2.75) is 53.7 Å². The van der Waals surface area contributed by atoms with E-state index >= 15 is 0 Å². The molecule has 92 valence electrons. The molecule has 1 unspecified atom stereocenters. The van der Waals surface area contributed by atoms with Gasteiger partial charge in [-0.25, -0.2) is 0 Å². The van der Waals surface area contributed by atoms with Crippen LogP contribution in [0.25, 0.3) is 0 Å². The Morgan fingerprint density at radius 3 is 2.44 bits per heavy atom. The number of aromatic nitrogens is 2. The number of nitrogens with zero attached hydrogens (tertiary/aromatic N) is 2. The molecule has 16 heavy (non-hydrogen) atoms. The molecule has 1 aromatic rings. The van der Waals surface area contributed by atoms with E-state index < -0.39 is 0 Å². The lowest BCUT2D eigenvalue weighted by molar-refractivity contribution is 0.0616. The molecule has 0 saturated carbocycles. The summed E-state index contributed by atoms with van der Waals surface area (Å²) in [5.74, 6) is 0. The van der Waals surface area contributed by atoms with E-state index in [1.54, 1.807) is 0 Å². The molecule has 1 rings (SSSR count). The molecular formula is C12H21BrN2O. The van der Waals surface area contributed by atoms with Crippen molar-refractivity contribution in [3.63, 3.8) is 0 Å². The van der Waals surface area contributed by atoms with Gasteiger partial charge in [0.05, 0.1) is 22.0 Å². The van der Waals surface area contributed by atoms with Gasteiger partial charge in [0.2, 0.25) is 0 Å². The number of halogens is 1. The SMILES string of the molecule is CCn1nc(C)c(Br)c1CC(O)C(C)(C)C. The summed E-state index contributed by atoms with van der Waals surface area (Å²) in [6.07, 6.45) is 0.281. The van der Waals surface area contributed by atoms with Crippen molar-refractivity contribution in [1.29, 1.82) is 0 Å². The summed E-state index contributed by atoms with van der Waals surface area (Å²) in [6.45, 7) is 11.0. The molecule has 0 spiro atoms. The zero-order valence-electron chi connectivity index (χ0n) is 10.7. The molecule has 1 N–H and O–H groups in total. The van der Waals surface area contributed by atoms with Gasteiger partial charge in [0.25, 0.3) is 0 Å². The second-order valence-electron chi connectivity index (χ2n) is 5.25. The van der Waals surface area contributed by atoms with Crippen LogP contribution in [-0.4, -0.2) is 21.0 Å². The molecule has 0 amide bonds. The van der Waals surface area contributed by atoms with Crippen molar-refractivity contribution in [2.75, 3.05) is 0 Å². The van der Waals surface area contributed by atoms with Crippen molar-refractivity contribution >= 4 is 15.9 Å². The molecule has 0 radical (unpaired) electrons. The number of aliphatic hydroxyl groups excluding tert-OH is 1. The van der Waals surface area contributed by atoms with Crippen LogP contribution in [0.2, 0.25) is 0 Å². The Kier molecular flexibility index (Phi) is 4.18. The summed E-state index contributed by atoms with van der Waals surface area (Å²) in [5, 5.41) is 14.6. The normalized spacial score (nSPS) is 14.2. The summed E-state index contributed by atoms with van der Waals surface area (Å²) in [7, 11) is 0. The first-order chi connectivity index (χ1) is 7.27. The van der Waals surface area contributed by atoms with Crippen LogP contribution >= 0.6 is 15.9 Å². The first kappa shape index (κ1) is 13.7. The Morgan fingerprint density at radius 2 is 2.00 bits per heavy atom. The largest absolute Gasteiger partial charge is 0.392 e. The van der Waals surface area contributed by atoms with Gasteiger partial charge >= 0.3 is 0 Å². The lowest BCUT2D eigenvalue weighted by Gasteiger charge is -2.26. The van der Waals surface area contributed by atoms with Crippen LogP contribution in [0, 0.1) is 12.3 Å². The van der Waals surface area contributed by atoms with E-state index in [0.717, 1.165) is 22.4 Å². The molecule has 0 aromatic carbocycles. The minimum atomic E-state index is -0.356. The average Bonchev–Trinajstić information content (AvgIpc) is 2.44. The lowest BCUT2D eigenvalue weighted by atomic mass is 9.86. The van der Waals surface area contributed by atoms with E-state index in [9.17, 15) is 5.11 Å². The summed E-state index contributed by atoms with van der Waals surface area (Å²) in [5.41, 5.74) is 1.97. The average molecular weight is 289 g/mol. The molecule has 0 saturated heterocycles. The predicted molar refractivity (Wildman–Crippen MR) is 69.5 cm³/mol. The Labute approximate surface area is 106 Å². The highest BCUT2D eigenvalue weighted by molar-refractivity contribution is 9.10. The Bertz CT molecular complexity index is 366. The fraction of sp³-hybridized carbons (Fsp3) is 0.750. The minimum Gasteiger partial charge on any atom is -0.392 e. The highest BCUT2D eigenvalue weighted by Crippen LogP contribution is 2.27. The lowest BCUT2D eigenvalue weighted by Crippen LogP contribution is -2.29. The van der Waals surface area contributed by atoms with E-state index in [-0.39, 0.29) is 11.5 Å². The molecule has 1 aromatic heterocycles. The minimum absolute atomic E-state index is 0.101. The topological polar surface area (TPSA) is 38.0 Å². The van der Waals surface area contributed by atoms with Crippen LogP contribution in [0.1, 0.15) is 39.1 Å². The van der Waals surface area contributed by atoms with Crippen LogP contribution in [0.5, 0.6) is 0 Å². The number of aliphatic hydroxyl groups is 1. The Morgan fingerprint density at radius 1 is 1.44 bits per heavy atom. The van der Waals surface area contributed by atoms with Crippen molar-refractivity contribution in [1.82, 2.24) is 9.78 Å². The van der Waals surface area contributed by atoms with Crippen LogP contribution in [0.4, 0.5) is 0 Å². The Hall–Kier alpha value is -0.350. The maximum Gasteiger partial charge on any atom is 0.0738 e. The van der Waals surface area contributed by atoms with E-state index in [1.165, 1.54) is 0 Å². The molecule has 1 heterocycles. The predicted octanol–water partition coefficient (Wildman–Crippen LogP) is 2.92. The van der Waals surface area contributed by atoms with Crippen molar-refractivity contribution in [3.05, 3.63) is 15.9 Å². The van der Waals surface area contributed by atoms with Gasteiger partial charge in [-0.2, -0.15) is 5.10 Å². The van der Waals surface area contributed by atoms with Gasteiger partial charge in [0.1, 0.15) is 0 Å². The van der Waals surface area contributed by atoms with Gasteiger partial charge in [0.15, 0.2) is 0 Å². The summed E-state index contributed by atoms with van der Waals surface area (Å²) in [6, 6.07) is 0. The van der Waals surface area contributed by atoms with Gasteiger partial charge in [-0.1, -0.05) is 20.8 Å². The van der Waals surface area contributed by atoms with Crippen LogP contribution < -0.4 is 0 Å². The number of rotatable bonds is 3. The van der Waals surface area contributed by atoms with Crippen molar-refractivity contribution < 1.29 is 5.11 Å². The number of hydrogen-bond acceptors (Lipinski definition) is 2. The van der Waals surface area contributed by atoms with E-state index in [4.69, 9.17) is 0 Å². The van der Waals surface area contributed by atoms with Crippen LogP contribution in [0.15, 0.2) is 4.47 Å². The van der Waals surface area contributed by atoms with Gasteiger partial charge in [-0.15, -0.1) is 0 Å². The van der Waals surface area contributed by atoms with Crippen LogP contribution in [-0.2, 0) is 13.0 Å². The molecule has 0 fully saturated rings. The van der Waals surface area contributed by atoms with E-state index in [1.807, 2.05) is 32.4 Å². The molecular weight excluding hydrogens is 268 g/mol. The fourth-order valence-electron chi connectivity index (χ4n) is 1.55. The van der Waals surface area contributed by atoms with E-state index in [2.05, 4.69) is 28.0 Å². The monoisotopic (exact) mass is 288 g/mol. The molecule has 4 heteroatoms. The zero-order valence-corrected chi connectivity index (χ0v) is 12.3. The summed E-state index contributed by atoms with van der Waals surface area (Å²) < 4.78 is 2.98. The molecule has 0 bridgehead atoms. The van der Waals surface area contributed by atoms with Gasteiger partial charge in [-0.3, -0.25) is 4.68 Å². The second kappa shape index (κ2) is 4.88. The zero-order chi connectivity index (χ0) is 12.5. The van der Waals surface area contributed by atoms with Crippen molar-refractivity contribution in [2.24, 2.45) is 5.41 Å². The van der Waals surface area contributed by atoms with E-state index in [0.29, 0.717) is 6.42 Å².